The average molecular weight is 418 g/mol. The van der Waals surface area contributed by atoms with Crippen LogP contribution in [0.4, 0.5) is 0 Å². The molecule has 0 spiro atoms. The highest BCUT2D eigenvalue weighted by Crippen LogP contribution is 2.14. The Morgan fingerprint density at radius 1 is 1.23 bits per heavy atom. The lowest BCUT2D eigenvalue weighted by Gasteiger charge is -2.27. The Morgan fingerprint density at radius 2 is 1.95 bits per heavy atom. The van der Waals surface area contributed by atoms with E-state index >= 15 is 0 Å². The number of hydrogen-bond donors (Lipinski definition) is 2. The molecular formula is C15H23IN4O2. The molecule has 1 aliphatic heterocycles. The van der Waals surface area contributed by atoms with Gasteiger partial charge >= 0.3 is 0 Å². The van der Waals surface area contributed by atoms with Crippen LogP contribution in [0.1, 0.15) is 24.8 Å². The summed E-state index contributed by atoms with van der Waals surface area (Å²) in [5, 5.41) is 0. The molecule has 1 aromatic carbocycles. The fourth-order valence-corrected chi connectivity index (χ4v) is 2.28. The molecule has 0 bridgehead atoms. The summed E-state index contributed by atoms with van der Waals surface area (Å²) in [6.45, 7) is 2.34. The quantitative estimate of drug-likeness (QED) is 0.430. The largest absolute Gasteiger partial charge is 0.484 e. The van der Waals surface area contributed by atoms with Crippen LogP contribution in [-0.4, -0.2) is 36.5 Å². The van der Waals surface area contributed by atoms with E-state index in [4.69, 9.17) is 16.2 Å². The van der Waals surface area contributed by atoms with Gasteiger partial charge in [0.05, 0.1) is 6.54 Å². The molecule has 1 aromatic rings. The van der Waals surface area contributed by atoms with E-state index in [1.807, 2.05) is 18.2 Å². The van der Waals surface area contributed by atoms with E-state index in [1.54, 1.807) is 6.07 Å². The van der Waals surface area contributed by atoms with Crippen LogP contribution in [0.15, 0.2) is 29.3 Å². The molecule has 0 aromatic heterocycles. The van der Waals surface area contributed by atoms with Gasteiger partial charge in [-0.05, 0) is 37.0 Å². The van der Waals surface area contributed by atoms with E-state index in [1.165, 1.54) is 19.3 Å². The number of piperidine rings is 1. The van der Waals surface area contributed by atoms with Crippen molar-refractivity contribution in [1.82, 2.24) is 4.90 Å². The number of nitrogens with zero attached hydrogens (tertiary/aromatic N) is 2. The topological polar surface area (TPSA) is 93.9 Å². The number of nitrogens with two attached hydrogens (primary N) is 2. The molecule has 122 valence electrons. The van der Waals surface area contributed by atoms with Crippen LogP contribution in [0, 0.1) is 0 Å². The molecule has 1 fully saturated rings. The zero-order chi connectivity index (χ0) is 15.1. The molecule has 1 aliphatic rings. The third kappa shape index (κ3) is 6.08. The number of ether oxygens (including phenoxy) is 1. The first kappa shape index (κ1) is 18.5. The summed E-state index contributed by atoms with van der Waals surface area (Å²) >= 11 is 0. The van der Waals surface area contributed by atoms with Gasteiger partial charge in [0, 0.05) is 13.1 Å². The lowest BCUT2D eigenvalue weighted by molar-refractivity contribution is -0.119. The van der Waals surface area contributed by atoms with Gasteiger partial charge in [-0.15, -0.1) is 24.0 Å². The second-order valence-electron chi connectivity index (χ2n) is 5.12. The van der Waals surface area contributed by atoms with Crippen LogP contribution in [0.25, 0.3) is 0 Å². The maximum absolute atomic E-state index is 10.7. The Hall–Kier alpha value is -1.51. The smallest absolute Gasteiger partial charge is 0.255 e. The summed E-state index contributed by atoms with van der Waals surface area (Å²) in [6, 6.07) is 7.43. The standard InChI is InChI=1S/C15H22N4O2.HI/c16-14(20)11-21-13-6-4-5-12(9-13)10-18-15(17)19-7-2-1-3-8-19;/h4-6,9H,1-3,7-8,10-11H2,(H2,16,20)(H2,17,18);1H. The second-order valence-corrected chi connectivity index (χ2v) is 5.12. The lowest BCUT2D eigenvalue weighted by atomic mass is 10.1. The lowest BCUT2D eigenvalue weighted by Crippen LogP contribution is -2.40. The Morgan fingerprint density at radius 3 is 2.64 bits per heavy atom. The summed E-state index contributed by atoms with van der Waals surface area (Å²) in [7, 11) is 0. The Balaban J connectivity index is 0.00000242. The molecule has 0 radical (unpaired) electrons. The minimum absolute atomic E-state index is 0. The number of guanidine groups is 1. The predicted molar refractivity (Wildman–Crippen MR) is 97.3 cm³/mol. The number of carbonyl (C=O) groups excluding carboxylic acids is 1. The zero-order valence-electron chi connectivity index (χ0n) is 12.5. The maximum Gasteiger partial charge on any atom is 0.255 e. The number of amides is 1. The second kappa shape index (κ2) is 9.50. The van der Waals surface area contributed by atoms with Crippen LogP contribution in [0.2, 0.25) is 0 Å². The van der Waals surface area contributed by atoms with Gasteiger partial charge in [0.25, 0.3) is 5.91 Å². The fraction of sp³-hybridized carbons (Fsp3) is 0.467. The third-order valence-electron chi connectivity index (χ3n) is 3.38. The Labute approximate surface area is 147 Å². The van der Waals surface area contributed by atoms with Crippen molar-refractivity contribution < 1.29 is 9.53 Å². The molecular weight excluding hydrogens is 395 g/mol. The molecule has 0 saturated carbocycles. The van der Waals surface area contributed by atoms with E-state index in [2.05, 4.69) is 9.89 Å². The first-order chi connectivity index (χ1) is 10.1. The highest BCUT2D eigenvalue weighted by atomic mass is 127. The monoisotopic (exact) mass is 418 g/mol. The summed E-state index contributed by atoms with van der Waals surface area (Å²) in [6.07, 6.45) is 3.61. The van der Waals surface area contributed by atoms with Crippen molar-refractivity contribution in [2.75, 3.05) is 19.7 Å². The molecule has 0 unspecified atom stereocenters. The normalized spacial score (nSPS) is 15.1. The van der Waals surface area contributed by atoms with Crippen LogP contribution < -0.4 is 16.2 Å². The molecule has 1 heterocycles. The maximum atomic E-state index is 10.7. The van der Waals surface area contributed by atoms with Gasteiger partial charge in [0.15, 0.2) is 12.6 Å². The minimum atomic E-state index is -0.493. The van der Waals surface area contributed by atoms with Gasteiger partial charge in [-0.25, -0.2) is 4.99 Å². The molecule has 6 nitrogen and oxygen atoms in total. The first-order valence-corrected chi connectivity index (χ1v) is 7.20. The van der Waals surface area contributed by atoms with Crippen molar-refractivity contribution in [3.8, 4) is 5.75 Å². The molecule has 0 atom stereocenters. The number of hydrogen-bond acceptors (Lipinski definition) is 3. The van der Waals surface area contributed by atoms with E-state index in [-0.39, 0.29) is 30.6 Å². The Kier molecular flexibility index (Phi) is 8.00. The SMILES string of the molecule is I.NC(=O)COc1cccc(CN=C(N)N2CCCCC2)c1. The number of benzene rings is 1. The van der Waals surface area contributed by atoms with Crippen molar-refractivity contribution >= 4 is 35.8 Å². The summed E-state index contributed by atoms with van der Waals surface area (Å²) in [5.41, 5.74) is 12.1. The van der Waals surface area contributed by atoms with Gasteiger partial charge in [0.2, 0.25) is 0 Å². The first-order valence-electron chi connectivity index (χ1n) is 7.20. The molecule has 7 heteroatoms. The molecule has 4 N–H and O–H groups in total. The van der Waals surface area contributed by atoms with Crippen LogP contribution >= 0.6 is 24.0 Å². The van der Waals surface area contributed by atoms with Gasteiger partial charge in [-0.3, -0.25) is 4.79 Å². The zero-order valence-corrected chi connectivity index (χ0v) is 14.9. The fourth-order valence-electron chi connectivity index (χ4n) is 2.28. The number of likely N-dealkylation sites (tertiary alicyclic amines) is 1. The number of primary amides is 1. The van der Waals surface area contributed by atoms with Gasteiger partial charge in [-0.1, -0.05) is 12.1 Å². The highest BCUT2D eigenvalue weighted by molar-refractivity contribution is 14.0. The van der Waals surface area contributed by atoms with E-state index < -0.39 is 5.91 Å². The molecule has 1 amide bonds. The summed E-state index contributed by atoms with van der Waals surface area (Å²) in [4.78, 5) is 17.3. The highest BCUT2D eigenvalue weighted by Gasteiger charge is 2.11. The van der Waals surface area contributed by atoms with Crippen LogP contribution in [-0.2, 0) is 11.3 Å². The van der Waals surface area contributed by atoms with Crippen molar-refractivity contribution in [3.05, 3.63) is 29.8 Å². The molecule has 2 rings (SSSR count). The van der Waals surface area contributed by atoms with E-state index in [0.29, 0.717) is 18.3 Å². The average Bonchev–Trinajstić information content (AvgIpc) is 2.52. The van der Waals surface area contributed by atoms with Crippen molar-refractivity contribution in [1.29, 1.82) is 0 Å². The molecule has 0 aliphatic carbocycles. The van der Waals surface area contributed by atoms with Crippen LogP contribution in [0.5, 0.6) is 5.75 Å². The van der Waals surface area contributed by atoms with E-state index in [0.717, 1.165) is 18.7 Å². The van der Waals surface area contributed by atoms with E-state index in [9.17, 15) is 4.79 Å². The van der Waals surface area contributed by atoms with Crippen LogP contribution in [0.3, 0.4) is 0 Å². The number of rotatable bonds is 5. The van der Waals surface area contributed by atoms with Gasteiger partial charge in [-0.2, -0.15) is 0 Å². The minimum Gasteiger partial charge on any atom is -0.484 e. The number of aliphatic imine (C=N–C) groups is 1. The third-order valence-corrected chi connectivity index (χ3v) is 3.38. The van der Waals surface area contributed by atoms with Gasteiger partial charge in [0.1, 0.15) is 5.75 Å². The predicted octanol–water partition coefficient (Wildman–Crippen LogP) is 1.47. The number of carbonyl (C=O) groups is 1. The van der Waals surface area contributed by atoms with Crippen molar-refractivity contribution in [2.24, 2.45) is 16.5 Å². The summed E-state index contributed by atoms with van der Waals surface area (Å²) in [5.74, 6) is 0.712. The molecule has 1 saturated heterocycles. The number of halogens is 1. The Bertz CT molecular complexity index is 516. The van der Waals surface area contributed by atoms with Crippen molar-refractivity contribution in [3.63, 3.8) is 0 Å². The summed E-state index contributed by atoms with van der Waals surface area (Å²) < 4.78 is 5.27. The van der Waals surface area contributed by atoms with Gasteiger partial charge < -0.3 is 21.1 Å². The molecule has 22 heavy (non-hydrogen) atoms. The van der Waals surface area contributed by atoms with Crippen molar-refractivity contribution in [2.45, 2.75) is 25.8 Å².